The van der Waals surface area contributed by atoms with E-state index in [-0.39, 0.29) is 0 Å². The van der Waals surface area contributed by atoms with Crippen LogP contribution in [-0.2, 0) is 0 Å². The molecule has 1 aromatic carbocycles. The number of furan rings is 1. The predicted molar refractivity (Wildman–Crippen MR) is 108 cm³/mol. The van der Waals surface area contributed by atoms with Gasteiger partial charge in [0.25, 0.3) is 0 Å². The van der Waals surface area contributed by atoms with Crippen molar-refractivity contribution in [1.29, 1.82) is 0 Å². The summed E-state index contributed by atoms with van der Waals surface area (Å²) in [7, 11) is 3.28. The molecule has 27 heavy (non-hydrogen) atoms. The third kappa shape index (κ3) is 4.03. The maximum absolute atomic E-state index is 5.54. The lowest BCUT2D eigenvalue weighted by Gasteiger charge is -2.11. The Morgan fingerprint density at radius 1 is 1.30 bits per heavy atom. The Morgan fingerprint density at radius 3 is 2.81 bits per heavy atom. The van der Waals surface area contributed by atoms with Crippen molar-refractivity contribution in [2.75, 3.05) is 20.8 Å². The number of thiazole rings is 1. The average Bonchev–Trinajstić information content (AvgIpc) is 3.36. The van der Waals surface area contributed by atoms with Crippen LogP contribution in [0.3, 0.4) is 0 Å². The first-order valence-electron chi connectivity index (χ1n) is 8.31. The molecule has 0 radical (unpaired) electrons. The Labute approximate surface area is 161 Å². The van der Waals surface area contributed by atoms with Crippen LogP contribution in [0.1, 0.15) is 12.7 Å². The van der Waals surface area contributed by atoms with Crippen LogP contribution in [0.4, 0.5) is 0 Å². The van der Waals surface area contributed by atoms with Gasteiger partial charge in [0.05, 0.1) is 32.7 Å². The van der Waals surface area contributed by atoms with Gasteiger partial charge in [-0.3, -0.25) is 4.99 Å². The zero-order chi connectivity index (χ0) is 19.2. The molecule has 140 valence electrons. The van der Waals surface area contributed by atoms with Crippen molar-refractivity contribution < 1.29 is 13.9 Å². The molecular weight excluding hydrogens is 362 g/mol. The summed E-state index contributed by atoms with van der Waals surface area (Å²) in [6, 6.07) is 9.37. The van der Waals surface area contributed by atoms with Crippen LogP contribution in [0.5, 0.6) is 11.5 Å². The Hall–Kier alpha value is -3.06. The lowest BCUT2D eigenvalue weighted by Crippen LogP contribution is -2.14. The summed E-state index contributed by atoms with van der Waals surface area (Å²) in [4.78, 5) is 5.31. The van der Waals surface area contributed by atoms with Gasteiger partial charge in [-0.1, -0.05) is 6.08 Å². The monoisotopic (exact) mass is 383 g/mol. The van der Waals surface area contributed by atoms with Crippen LogP contribution in [0.25, 0.3) is 11.3 Å². The van der Waals surface area contributed by atoms with E-state index in [1.807, 2.05) is 42.6 Å². The molecule has 0 unspecified atom stereocenters. The van der Waals surface area contributed by atoms with Gasteiger partial charge in [0.1, 0.15) is 23.0 Å². The fourth-order valence-electron chi connectivity index (χ4n) is 2.53. The summed E-state index contributed by atoms with van der Waals surface area (Å²) < 4.78 is 18.2. The molecule has 0 aliphatic rings. The minimum atomic E-state index is 0.504. The molecule has 3 aromatic rings. The topological polar surface area (TPSA) is 61.2 Å². The molecule has 0 amide bonds. The van der Waals surface area contributed by atoms with Gasteiger partial charge in [-0.15, -0.1) is 17.9 Å². The van der Waals surface area contributed by atoms with Crippen LogP contribution in [0, 0.1) is 0 Å². The summed E-state index contributed by atoms with van der Waals surface area (Å²) in [6.45, 7) is 6.14. The van der Waals surface area contributed by atoms with Gasteiger partial charge in [0.15, 0.2) is 0 Å². The number of hydrogen-bond donors (Lipinski definition) is 0. The maximum atomic E-state index is 5.54. The molecule has 0 aliphatic carbocycles. The van der Waals surface area contributed by atoms with Crippen molar-refractivity contribution in [3.8, 4) is 22.8 Å². The number of hydrogen-bond acceptors (Lipinski definition) is 6. The van der Waals surface area contributed by atoms with Crippen LogP contribution < -0.4 is 14.3 Å². The summed E-state index contributed by atoms with van der Waals surface area (Å²) in [6.07, 6.45) is 3.38. The summed E-state index contributed by atoms with van der Waals surface area (Å²) in [5.74, 6) is 2.16. The second-order valence-corrected chi connectivity index (χ2v) is 6.41. The summed E-state index contributed by atoms with van der Waals surface area (Å²) in [5, 5.41) is 6.75. The van der Waals surface area contributed by atoms with E-state index in [2.05, 4.69) is 11.6 Å². The first-order valence-corrected chi connectivity index (χ1v) is 9.19. The second-order valence-electron chi connectivity index (χ2n) is 5.57. The molecule has 6 nitrogen and oxygen atoms in total. The highest BCUT2D eigenvalue weighted by atomic mass is 32.1. The molecule has 0 saturated heterocycles. The van der Waals surface area contributed by atoms with E-state index in [9.17, 15) is 0 Å². The van der Waals surface area contributed by atoms with E-state index in [0.29, 0.717) is 12.3 Å². The molecular formula is C20H21N3O3S. The molecule has 0 N–H and O–H groups in total. The van der Waals surface area contributed by atoms with E-state index in [4.69, 9.17) is 19.0 Å². The van der Waals surface area contributed by atoms with Gasteiger partial charge in [0.2, 0.25) is 4.80 Å². The highest BCUT2D eigenvalue weighted by Crippen LogP contribution is 2.33. The molecule has 0 atom stereocenters. The minimum Gasteiger partial charge on any atom is -0.497 e. The Morgan fingerprint density at radius 2 is 2.15 bits per heavy atom. The SMILES string of the molecule is C=CCN=c1scc(-c2cc(OC)ccc2OC)n1N=C(C)c1ccco1. The molecule has 0 saturated carbocycles. The fourth-order valence-corrected chi connectivity index (χ4v) is 3.36. The van der Waals surface area contributed by atoms with Crippen LogP contribution in [0.15, 0.2) is 69.1 Å². The molecule has 0 spiro atoms. The highest BCUT2D eigenvalue weighted by molar-refractivity contribution is 7.07. The van der Waals surface area contributed by atoms with Crippen molar-refractivity contribution in [1.82, 2.24) is 4.68 Å². The lowest BCUT2D eigenvalue weighted by molar-refractivity contribution is 0.404. The molecule has 2 heterocycles. The predicted octanol–water partition coefficient (Wildman–Crippen LogP) is 4.19. The van der Waals surface area contributed by atoms with Crippen molar-refractivity contribution >= 4 is 17.0 Å². The standard InChI is InChI=1S/C20H21N3O3S/c1-5-10-21-20-23(22-14(2)18-7-6-11-26-18)17(13-27-20)16-12-15(24-3)8-9-19(16)25-4/h5-9,11-13H,1,10H2,2-4H3. The third-order valence-electron chi connectivity index (χ3n) is 3.85. The maximum Gasteiger partial charge on any atom is 0.206 e. The summed E-state index contributed by atoms with van der Waals surface area (Å²) in [5.41, 5.74) is 2.45. The number of benzene rings is 1. The van der Waals surface area contributed by atoms with Crippen molar-refractivity contribution in [3.05, 3.63) is 65.2 Å². The smallest absolute Gasteiger partial charge is 0.206 e. The van der Waals surface area contributed by atoms with E-state index in [1.165, 1.54) is 11.3 Å². The van der Waals surface area contributed by atoms with Crippen LogP contribution in [-0.4, -0.2) is 31.2 Å². The van der Waals surface area contributed by atoms with Crippen molar-refractivity contribution in [2.45, 2.75) is 6.92 Å². The average molecular weight is 383 g/mol. The zero-order valence-corrected chi connectivity index (χ0v) is 16.3. The van der Waals surface area contributed by atoms with Crippen LogP contribution in [0.2, 0.25) is 0 Å². The van der Waals surface area contributed by atoms with E-state index < -0.39 is 0 Å². The molecule has 0 fully saturated rings. The fraction of sp³-hybridized carbons (Fsp3) is 0.200. The number of ether oxygens (including phenoxy) is 2. The van der Waals surface area contributed by atoms with Gasteiger partial charge >= 0.3 is 0 Å². The van der Waals surface area contributed by atoms with Gasteiger partial charge in [0, 0.05) is 10.9 Å². The van der Waals surface area contributed by atoms with E-state index in [0.717, 1.165) is 33.3 Å². The molecule has 2 aromatic heterocycles. The first kappa shape index (κ1) is 18.7. The van der Waals surface area contributed by atoms with Gasteiger partial charge in [-0.2, -0.15) is 5.10 Å². The van der Waals surface area contributed by atoms with Crippen molar-refractivity contribution in [3.63, 3.8) is 0 Å². The number of methoxy groups -OCH3 is 2. The van der Waals surface area contributed by atoms with E-state index in [1.54, 1.807) is 31.2 Å². The summed E-state index contributed by atoms with van der Waals surface area (Å²) >= 11 is 1.50. The number of aromatic nitrogens is 1. The zero-order valence-electron chi connectivity index (χ0n) is 15.5. The highest BCUT2D eigenvalue weighted by Gasteiger charge is 2.15. The lowest BCUT2D eigenvalue weighted by atomic mass is 10.1. The second kappa shape index (κ2) is 8.55. The van der Waals surface area contributed by atoms with Gasteiger partial charge in [-0.05, 0) is 37.3 Å². The molecule has 3 rings (SSSR count). The number of nitrogens with zero attached hydrogens (tertiary/aromatic N) is 3. The van der Waals surface area contributed by atoms with E-state index >= 15 is 0 Å². The Balaban J connectivity index is 2.21. The Bertz CT molecular complexity index is 1010. The quantitative estimate of drug-likeness (QED) is 0.454. The minimum absolute atomic E-state index is 0.504. The van der Waals surface area contributed by atoms with Crippen molar-refractivity contribution in [2.24, 2.45) is 10.1 Å². The largest absolute Gasteiger partial charge is 0.497 e. The molecule has 7 heteroatoms. The number of rotatable bonds is 7. The van der Waals surface area contributed by atoms with Crippen LogP contribution >= 0.6 is 11.3 Å². The normalized spacial score (nSPS) is 12.3. The van der Waals surface area contributed by atoms with Gasteiger partial charge in [-0.25, -0.2) is 4.68 Å². The molecule has 0 aliphatic heterocycles. The molecule has 0 bridgehead atoms. The Kier molecular flexibility index (Phi) is 5.93. The van der Waals surface area contributed by atoms with Gasteiger partial charge < -0.3 is 13.9 Å². The third-order valence-corrected chi connectivity index (χ3v) is 4.71. The first-order chi connectivity index (χ1) is 13.2.